The first kappa shape index (κ1) is 22.0. The van der Waals surface area contributed by atoms with E-state index in [1.165, 1.54) is 12.1 Å². The van der Waals surface area contributed by atoms with Gasteiger partial charge in [0.2, 0.25) is 10.0 Å². The van der Waals surface area contributed by atoms with Crippen molar-refractivity contribution in [3.8, 4) is 0 Å². The number of hydrogen-bond acceptors (Lipinski definition) is 3. The monoisotopic (exact) mass is 443 g/mol. The van der Waals surface area contributed by atoms with Gasteiger partial charge < -0.3 is 5.11 Å². The number of benzene rings is 3. The molecule has 5 nitrogen and oxygen atoms in total. The van der Waals surface area contributed by atoms with Crippen molar-refractivity contribution in [1.29, 1.82) is 0 Å². The predicted molar refractivity (Wildman–Crippen MR) is 117 cm³/mol. The summed E-state index contributed by atoms with van der Waals surface area (Å²) in [6.07, 6.45) is 0.952. The van der Waals surface area contributed by atoms with Gasteiger partial charge in [-0.2, -0.15) is 0 Å². The lowest BCUT2D eigenvalue weighted by molar-refractivity contribution is -0.136. The Kier molecular flexibility index (Phi) is 7.26. The minimum atomic E-state index is -3.76. The van der Waals surface area contributed by atoms with Gasteiger partial charge >= 0.3 is 5.97 Å². The van der Waals surface area contributed by atoms with Gasteiger partial charge in [0.25, 0.3) is 0 Å². The van der Waals surface area contributed by atoms with E-state index in [2.05, 4.69) is 4.72 Å². The van der Waals surface area contributed by atoms with Crippen molar-refractivity contribution < 1.29 is 18.3 Å². The van der Waals surface area contributed by atoms with Crippen molar-refractivity contribution in [2.24, 2.45) is 0 Å². The molecule has 1 unspecified atom stereocenters. The zero-order valence-corrected chi connectivity index (χ0v) is 17.7. The molecule has 3 rings (SSSR count). The molecular formula is C23H22ClNO4S. The Morgan fingerprint density at radius 2 is 1.53 bits per heavy atom. The molecule has 0 aliphatic rings. The van der Waals surface area contributed by atoms with Gasteiger partial charge in [0.05, 0.1) is 10.9 Å². The molecule has 0 aromatic heterocycles. The van der Waals surface area contributed by atoms with Crippen LogP contribution < -0.4 is 4.72 Å². The van der Waals surface area contributed by atoms with Crippen molar-refractivity contribution >= 4 is 27.6 Å². The van der Waals surface area contributed by atoms with Crippen LogP contribution in [0.15, 0.2) is 83.8 Å². The van der Waals surface area contributed by atoms with Crippen LogP contribution in [0.4, 0.5) is 0 Å². The SMILES string of the molecule is O=C(O)CCc1ccc(C(Cc2ccccc2)NS(=O)(=O)c2ccc(Cl)cc2)cc1. The molecule has 0 aliphatic heterocycles. The fourth-order valence-electron chi connectivity index (χ4n) is 3.11. The first-order chi connectivity index (χ1) is 14.3. The number of rotatable bonds is 9. The summed E-state index contributed by atoms with van der Waals surface area (Å²) < 4.78 is 28.7. The van der Waals surface area contributed by atoms with E-state index in [0.717, 1.165) is 16.7 Å². The van der Waals surface area contributed by atoms with Crippen molar-refractivity contribution in [1.82, 2.24) is 4.72 Å². The fraction of sp³-hybridized carbons (Fsp3) is 0.174. The van der Waals surface area contributed by atoms with Gasteiger partial charge in [0, 0.05) is 11.4 Å². The van der Waals surface area contributed by atoms with Crippen LogP contribution in [0.2, 0.25) is 5.02 Å². The van der Waals surface area contributed by atoms with Crippen molar-refractivity contribution in [3.05, 3.63) is 101 Å². The second kappa shape index (κ2) is 9.89. The summed E-state index contributed by atoms with van der Waals surface area (Å²) in [6.45, 7) is 0. The number of carbonyl (C=O) groups is 1. The number of aryl methyl sites for hydroxylation is 1. The molecule has 0 saturated heterocycles. The fourth-order valence-corrected chi connectivity index (χ4v) is 4.46. The molecule has 3 aromatic carbocycles. The molecule has 0 spiro atoms. The third-order valence-electron chi connectivity index (χ3n) is 4.71. The molecule has 30 heavy (non-hydrogen) atoms. The Morgan fingerprint density at radius 3 is 2.13 bits per heavy atom. The molecule has 0 saturated carbocycles. The normalized spacial score (nSPS) is 12.4. The highest BCUT2D eigenvalue weighted by Crippen LogP contribution is 2.23. The zero-order chi connectivity index (χ0) is 21.6. The summed E-state index contributed by atoms with van der Waals surface area (Å²) in [6, 6.07) is 22.5. The molecule has 1 atom stereocenters. The number of nitrogens with one attached hydrogen (secondary N) is 1. The van der Waals surface area contributed by atoms with E-state index in [-0.39, 0.29) is 11.3 Å². The Labute approximate surface area is 181 Å². The summed E-state index contributed by atoms with van der Waals surface area (Å²) in [5.74, 6) is -0.850. The molecule has 0 aliphatic carbocycles. The van der Waals surface area contributed by atoms with Gasteiger partial charge in [-0.25, -0.2) is 13.1 Å². The largest absolute Gasteiger partial charge is 0.481 e. The second-order valence-electron chi connectivity index (χ2n) is 6.95. The molecule has 0 heterocycles. The van der Waals surface area contributed by atoms with Gasteiger partial charge in [0.15, 0.2) is 0 Å². The lowest BCUT2D eigenvalue weighted by Gasteiger charge is -2.20. The van der Waals surface area contributed by atoms with Gasteiger partial charge in [-0.15, -0.1) is 0 Å². The summed E-state index contributed by atoms with van der Waals surface area (Å²) in [5, 5.41) is 9.31. The number of aliphatic carboxylic acids is 1. The van der Waals surface area contributed by atoms with E-state index < -0.39 is 22.0 Å². The Hall–Kier alpha value is -2.67. The average Bonchev–Trinajstić information content (AvgIpc) is 2.73. The Morgan fingerprint density at radius 1 is 0.900 bits per heavy atom. The van der Waals surface area contributed by atoms with E-state index in [4.69, 9.17) is 16.7 Å². The smallest absolute Gasteiger partial charge is 0.303 e. The number of carboxylic acids is 1. The van der Waals surface area contributed by atoms with Crippen molar-refractivity contribution in [2.45, 2.75) is 30.2 Å². The maximum atomic E-state index is 12.9. The van der Waals surface area contributed by atoms with Crippen LogP contribution in [-0.4, -0.2) is 19.5 Å². The van der Waals surface area contributed by atoms with Crippen LogP contribution in [0, 0.1) is 0 Å². The number of halogens is 1. The van der Waals surface area contributed by atoms with E-state index >= 15 is 0 Å². The lowest BCUT2D eigenvalue weighted by atomic mass is 9.98. The van der Waals surface area contributed by atoms with Gasteiger partial charge in [-0.05, 0) is 53.8 Å². The summed E-state index contributed by atoms with van der Waals surface area (Å²) in [7, 11) is -3.76. The lowest BCUT2D eigenvalue weighted by Crippen LogP contribution is -2.30. The van der Waals surface area contributed by atoms with Crippen LogP contribution >= 0.6 is 11.6 Å². The highest BCUT2D eigenvalue weighted by Gasteiger charge is 2.22. The maximum absolute atomic E-state index is 12.9. The number of sulfonamides is 1. The van der Waals surface area contributed by atoms with Crippen LogP contribution in [-0.2, 0) is 27.7 Å². The second-order valence-corrected chi connectivity index (χ2v) is 9.10. The van der Waals surface area contributed by atoms with Crippen LogP contribution in [0.5, 0.6) is 0 Å². The Bertz CT molecular complexity index is 1080. The van der Waals surface area contributed by atoms with E-state index in [1.54, 1.807) is 12.1 Å². The van der Waals surface area contributed by atoms with Crippen LogP contribution in [0.1, 0.15) is 29.2 Å². The number of carboxylic acid groups (broad SMARTS) is 1. The first-order valence-electron chi connectivity index (χ1n) is 9.46. The van der Waals surface area contributed by atoms with Crippen molar-refractivity contribution in [3.63, 3.8) is 0 Å². The third kappa shape index (κ3) is 6.16. The topological polar surface area (TPSA) is 83.5 Å². The summed E-state index contributed by atoms with van der Waals surface area (Å²) >= 11 is 5.88. The molecule has 156 valence electrons. The summed E-state index contributed by atoms with van der Waals surface area (Å²) in [4.78, 5) is 10.9. The highest BCUT2D eigenvalue weighted by atomic mass is 35.5. The molecular weight excluding hydrogens is 422 g/mol. The van der Waals surface area contributed by atoms with Gasteiger partial charge in [-0.1, -0.05) is 66.2 Å². The van der Waals surface area contributed by atoms with Crippen molar-refractivity contribution in [2.75, 3.05) is 0 Å². The zero-order valence-electron chi connectivity index (χ0n) is 16.2. The first-order valence-corrected chi connectivity index (χ1v) is 11.3. The van der Waals surface area contributed by atoms with Crippen LogP contribution in [0.3, 0.4) is 0 Å². The average molecular weight is 444 g/mol. The predicted octanol–water partition coefficient (Wildman–Crippen LogP) is 4.62. The van der Waals surface area contributed by atoms with E-state index in [9.17, 15) is 13.2 Å². The minimum absolute atomic E-state index is 0.0516. The molecule has 3 aromatic rings. The molecule has 0 fully saturated rings. The van der Waals surface area contributed by atoms with Gasteiger partial charge in [0.1, 0.15) is 0 Å². The quantitative estimate of drug-likeness (QED) is 0.505. The highest BCUT2D eigenvalue weighted by molar-refractivity contribution is 7.89. The molecule has 0 bridgehead atoms. The summed E-state index contributed by atoms with van der Waals surface area (Å²) in [5.41, 5.74) is 2.69. The van der Waals surface area contributed by atoms with Gasteiger partial charge in [-0.3, -0.25) is 4.79 Å². The molecule has 7 heteroatoms. The van der Waals surface area contributed by atoms with E-state index in [1.807, 2.05) is 54.6 Å². The molecule has 0 amide bonds. The minimum Gasteiger partial charge on any atom is -0.481 e. The standard InChI is InChI=1S/C23H22ClNO4S/c24-20-11-13-21(14-12-20)30(28,29)25-22(16-18-4-2-1-3-5-18)19-9-6-17(7-10-19)8-15-23(26)27/h1-7,9-14,22,25H,8,15-16H2,(H,26,27). The molecule has 0 radical (unpaired) electrons. The maximum Gasteiger partial charge on any atom is 0.303 e. The third-order valence-corrected chi connectivity index (χ3v) is 6.45. The molecule has 2 N–H and O–H groups in total. The Balaban J connectivity index is 1.86. The van der Waals surface area contributed by atoms with E-state index in [0.29, 0.717) is 17.9 Å². The van der Waals surface area contributed by atoms with Crippen LogP contribution in [0.25, 0.3) is 0 Å². The number of hydrogen-bond donors (Lipinski definition) is 2.